The molecule has 1 aromatic heterocycles. The molecule has 1 aromatic carbocycles. The number of amides is 3. The number of hydrogen-bond donors (Lipinski definition) is 2. The van der Waals surface area contributed by atoms with Gasteiger partial charge in [-0.2, -0.15) is 5.10 Å². The van der Waals surface area contributed by atoms with Gasteiger partial charge in [0.15, 0.2) is 0 Å². The molecule has 2 aromatic rings. The fourth-order valence-corrected chi connectivity index (χ4v) is 3.68. The van der Waals surface area contributed by atoms with Crippen molar-refractivity contribution in [1.82, 2.24) is 20.0 Å². The number of nitrogens with one attached hydrogen (secondary N) is 2. The Bertz CT molecular complexity index is 857. The van der Waals surface area contributed by atoms with Crippen molar-refractivity contribution >= 4 is 23.5 Å². The zero-order chi connectivity index (χ0) is 21.3. The summed E-state index contributed by atoms with van der Waals surface area (Å²) >= 11 is 0. The van der Waals surface area contributed by atoms with Gasteiger partial charge in [0, 0.05) is 32.5 Å². The maximum absolute atomic E-state index is 12.4. The first-order valence-electron chi connectivity index (χ1n) is 10.4. The van der Waals surface area contributed by atoms with Crippen molar-refractivity contribution in [1.29, 1.82) is 0 Å². The zero-order valence-electron chi connectivity index (χ0n) is 17.3. The molecule has 0 unspecified atom stereocenters. The number of aromatic nitrogens is 2. The average Bonchev–Trinajstić information content (AvgIpc) is 3.21. The van der Waals surface area contributed by atoms with Gasteiger partial charge in [0.05, 0.1) is 18.8 Å². The van der Waals surface area contributed by atoms with Crippen LogP contribution >= 0.6 is 0 Å². The summed E-state index contributed by atoms with van der Waals surface area (Å²) in [6.45, 7) is 2.64. The van der Waals surface area contributed by atoms with Gasteiger partial charge in [-0.1, -0.05) is 30.3 Å². The molecule has 0 radical (unpaired) electrons. The molecule has 0 aliphatic carbocycles. The van der Waals surface area contributed by atoms with Crippen LogP contribution in [0, 0.1) is 0 Å². The summed E-state index contributed by atoms with van der Waals surface area (Å²) in [7, 11) is 0. The molecule has 1 fully saturated rings. The van der Waals surface area contributed by atoms with E-state index in [1.54, 1.807) is 11.1 Å². The quantitative estimate of drug-likeness (QED) is 0.696. The van der Waals surface area contributed by atoms with Crippen molar-refractivity contribution < 1.29 is 14.4 Å². The number of rotatable bonds is 8. The molecule has 0 saturated carbocycles. The Morgan fingerprint density at radius 1 is 1.10 bits per heavy atom. The third-order valence-electron chi connectivity index (χ3n) is 5.30. The van der Waals surface area contributed by atoms with E-state index < -0.39 is 0 Å². The van der Waals surface area contributed by atoms with Crippen LogP contribution in [0.2, 0.25) is 0 Å². The summed E-state index contributed by atoms with van der Waals surface area (Å²) in [5.41, 5.74) is 1.23. The van der Waals surface area contributed by atoms with Crippen LogP contribution in [0.5, 0.6) is 0 Å². The Morgan fingerprint density at radius 2 is 1.83 bits per heavy atom. The van der Waals surface area contributed by atoms with Crippen LogP contribution < -0.4 is 10.6 Å². The molecule has 0 atom stereocenters. The minimum atomic E-state index is -0.209. The number of nitrogens with zero attached hydrogens (tertiary/aromatic N) is 3. The Hall–Kier alpha value is -3.16. The van der Waals surface area contributed by atoms with Gasteiger partial charge < -0.3 is 15.5 Å². The van der Waals surface area contributed by atoms with Gasteiger partial charge in [0.2, 0.25) is 17.7 Å². The van der Waals surface area contributed by atoms with Gasteiger partial charge in [0.25, 0.3) is 0 Å². The first-order valence-corrected chi connectivity index (χ1v) is 10.4. The molecular formula is C22H29N5O3. The molecule has 2 N–H and O–H groups in total. The second kappa shape index (κ2) is 10.6. The summed E-state index contributed by atoms with van der Waals surface area (Å²) in [6.07, 6.45) is 5.32. The molecule has 8 heteroatoms. The Kier molecular flexibility index (Phi) is 7.59. The lowest BCUT2D eigenvalue weighted by Gasteiger charge is -2.32. The standard InChI is InChI=1S/C22H29N5O3/c1-17(28)23-16-22(30)26-14-11-19(12-15-26)27-20(10-13-24-27)25-21(29)9-5-8-18-6-3-2-4-7-18/h2-4,6-7,10,13,19H,5,8-9,11-12,14-16H2,1H3,(H,23,28)(H,25,29). The number of likely N-dealkylation sites (tertiary alicyclic amines) is 1. The maximum atomic E-state index is 12.4. The topological polar surface area (TPSA) is 96.3 Å². The van der Waals surface area contributed by atoms with E-state index in [1.807, 2.05) is 28.9 Å². The number of piperidine rings is 1. The highest BCUT2D eigenvalue weighted by atomic mass is 16.2. The largest absolute Gasteiger partial charge is 0.347 e. The van der Waals surface area contributed by atoms with Crippen LogP contribution in [-0.2, 0) is 20.8 Å². The van der Waals surface area contributed by atoms with E-state index in [1.165, 1.54) is 12.5 Å². The molecule has 1 saturated heterocycles. The molecule has 3 amide bonds. The Balaban J connectivity index is 1.45. The van der Waals surface area contributed by atoms with Gasteiger partial charge in [0.1, 0.15) is 5.82 Å². The minimum absolute atomic E-state index is 0.0180. The lowest BCUT2D eigenvalue weighted by atomic mass is 10.1. The van der Waals surface area contributed by atoms with E-state index in [9.17, 15) is 14.4 Å². The average molecular weight is 412 g/mol. The van der Waals surface area contributed by atoms with Crippen LogP contribution in [0.15, 0.2) is 42.6 Å². The molecule has 3 rings (SSSR count). The van der Waals surface area contributed by atoms with E-state index >= 15 is 0 Å². The first kappa shape index (κ1) is 21.5. The number of carbonyl (C=O) groups is 3. The predicted molar refractivity (Wildman–Crippen MR) is 114 cm³/mol. The lowest BCUT2D eigenvalue weighted by molar-refractivity contribution is -0.133. The first-order chi connectivity index (χ1) is 14.5. The van der Waals surface area contributed by atoms with Crippen molar-refractivity contribution in [2.45, 2.75) is 45.1 Å². The van der Waals surface area contributed by atoms with Crippen molar-refractivity contribution in [3.05, 3.63) is 48.2 Å². The highest BCUT2D eigenvalue weighted by Crippen LogP contribution is 2.25. The van der Waals surface area contributed by atoms with E-state index in [-0.39, 0.29) is 30.3 Å². The number of hydrogen-bond acceptors (Lipinski definition) is 4. The van der Waals surface area contributed by atoms with E-state index in [2.05, 4.69) is 27.9 Å². The molecule has 30 heavy (non-hydrogen) atoms. The number of anilines is 1. The van der Waals surface area contributed by atoms with Gasteiger partial charge in [-0.3, -0.25) is 14.4 Å². The summed E-state index contributed by atoms with van der Waals surface area (Å²) in [6, 6.07) is 12.1. The molecule has 8 nitrogen and oxygen atoms in total. The minimum Gasteiger partial charge on any atom is -0.347 e. The fourth-order valence-electron chi connectivity index (χ4n) is 3.68. The van der Waals surface area contributed by atoms with Crippen LogP contribution in [0.4, 0.5) is 5.82 Å². The van der Waals surface area contributed by atoms with Gasteiger partial charge in [-0.05, 0) is 31.2 Å². The summed E-state index contributed by atoms with van der Waals surface area (Å²) in [5.74, 6) is 0.397. The summed E-state index contributed by atoms with van der Waals surface area (Å²) in [4.78, 5) is 37.2. The number of carbonyl (C=O) groups excluding carboxylic acids is 3. The summed E-state index contributed by atoms with van der Waals surface area (Å²) in [5, 5.41) is 9.91. The van der Waals surface area contributed by atoms with Crippen LogP contribution in [0.25, 0.3) is 0 Å². The van der Waals surface area contributed by atoms with E-state index in [4.69, 9.17) is 0 Å². The highest BCUT2D eigenvalue weighted by Gasteiger charge is 2.25. The number of benzene rings is 1. The third-order valence-corrected chi connectivity index (χ3v) is 5.30. The smallest absolute Gasteiger partial charge is 0.241 e. The Morgan fingerprint density at radius 3 is 2.53 bits per heavy atom. The van der Waals surface area contributed by atoms with Crippen LogP contribution in [0.1, 0.15) is 44.2 Å². The zero-order valence-corrected chi connectivity index (χ0v) is 17.3. The maximum Gasteiger partial charge on any atom is 0.241 e. The van der Waals surface area contributed by atoms with Crippen molar-refractivity contribution in [3.63, 3.8) is 0 Å². The predicted octanol–water partition coefficient (Wildman–Crippen LogP) is 2.14. The van der Waals surface area contributed by atoms with Crippen LogP contribution in [-0.4, -0.2) is 52.0 Å². The van der Waals surface area contributed by atoms with Crippen LogP contribution in [0.3, 0.4) is 0 Å². The SMILES string of the molecule is CC(=O)NCC(=O)N1CCC(n2nccc2NC(=O)CCCc2ccccc2)CC1. The van der Waals surface area contributed by atoms with E-state index in [0.29, 0.717) is 25.3 Å². The molecule has 0 spiro atoms. The highest BCUT2D eigenvalue weighted by molar-refractivity contribution is 5.89. The van der Waals surface area contributed by atoms with Gasteiger partial charge in [-0.15, -0.1) is 0 Å². The van der Waals surface area contributed by atoms with Gasteiger partial charge >= 0.3 is 0 Å². The molecule has 0 bridgehead atoms. The third kappa shape index (κ3) is 6.17. The van der Waals surface area contributed by atoms with Crippen molar-refractivity contribution in [2.75, 3.05) is 25.0 Å². The fraction of sp³-hybridized carbons (Fsp3) is 0.455. The second-order valence-electron chi connectivity index (χ2n) is 7.57. The monoisotopic (exact) mass is 411 g/mol. The lowest BCUT2D eigenvalue weighted by Crippen LogP contribution is -2.44. The summed E-state index contributed by atoms with van der Waals surface area (Å²) < 4.78 is 1.85. The van der Waals surface area contributed by atoms with Crippen molar-refractivity contribution in [3.8, 4) is 0 Å². The molecule has 1 aliphatic rings. The molecule has 160 valence electrons. The van der Waals surface area contributed by atoms with E-state index in [0.717, 1.165) is 25.7 Å². The van der Waals surface area contributed by atoms with Gasteiger partial charge in [-0.25, -0.2) is 4.68 Å². The normalized spacial score (nSPS) is 14.4. The number of aryl methyl sites for hydroxylation is 1. The molecular weight excluding hydrogens is 382 g/mol. The molecule has 2 heterocycles. The second-order valence-corrected chi connectivity index (χ2v) is 7.57. The van der Waals surface area contributed by atoms with Crippen molar-refractivity contribution in [2.24, 2.45) is 0 Å². The Labute approximate surface area is 176 Å². The molecule has 1 aliphatic heterocycles.